The van der Waals surface area contributed by atoms with Gasteiger partial charge in [0.15, 0.2) is 0 Å². The highest BCUT2D eigenvalue weighted by atomic mass is 32.2. The number of benzene rings is 2. The molecule has 0 aliphatic carbocycles. The van der Waals surface area contributed by atoms with E-state index in [1.807, 2.05) is 36.4 Å². The van der Waals surface area contributed by atoms with Gasteiger partial charge >= 0.3 is 0 Å². The fourth-order valence-corrected chi connectivity index (χ4v) is 3.99. The Hall–Kier alpha value is -2.16. The molecule has 0 aliphatic rings. The van der Waals surface area contributed by atoms with E-state index in [2.05, 4.69) is 10.2 Å². The molecule has 0 fully saturated rings. The second-order valence-electron chi connectivity index (χ2n) is 5.85. The van der Waals surface area contributed by atoms with Crippen molar-refractivity contribution in [2.24, 2.45) is 0 Å². The molecule has 3 aromatic rings. The van der Waals surface area contributed by atoms with Crippen molar-refractivity contribution in [1.29, 1.82) is 0 Å². The zero-order valence-corrected chi connectivity index (χ0v) is 16.1. The van der Waals surface area contributed by atoms with Gasteiger partial charge in [0, 0.05) is 19.8 Å². The summed E-state index contributed by atoms with van der Waals surface area (Å²) in [5.41, 5.74) is 1.98. The molecule has 1 aromatic heterocycles. The summed E-state index contributed by atoms with van der Waals surface area (Å²) < 4.78 is 31.3. The molecule has 0 atom stereocenters. The van der Waals surface area contributed by atoms with E-state index in [9.17, 15) is 8.42 Å². The minimum Gasteiger partial charge on any atom is -0.416 e. The number of hydrogen-bond donors (Lipinski definition) is 0. The maximum absolute atomic E-state index is 12.2. The Morgan fingerprint density at radius 1 is 1.00 bits per heavy atom. The van der Waals surface area contributed by atoms with E-state index in [4.69, 9.17) is 4.42 Å². The number of rotatable bonds is 7. The van der Waals surface area contributed by atoms with Crippen molar-refractivity contribution in [3.05, 3.63) is 71.6 Å². The SMILES string of the molecule is CN(C)S(=O)(=O)c1cccc(CSc2nnc(Cc3ccccc3)o2)c1. The van der Waals surface area contributed by atoms with E-state index in [0.29, 0.717) is 23.3 Å². The van der Waals surface area contributed by atoms with Crippen molar-refractivity contribution in [3.8, 4) is 0 Å². The number of nitrogens with zero attached hydrogens (tertiary/aromatic N) is 3. The quantitative estimate of drug-likeness (QED) is 0.578. The van der Waals surface area contributed by atoms with Gasteiger partial charge in [-0.25, -0.2) is 12.7 Å². The van der Waals surface area contributed by atoms with Gasteiger partial charge in [0.25, 0.3) is 5.22 Å². The average molecular weight is 390 g/mol. The Labute approximate surface area is 157 Å². The standard InChI is InChI=1S/C18H19N3O3S2/c1-21(2)26(22,23)16-10-6-9-15(11-16)13-25-18-20-19-17(24-18)12-14-7-4-3-5-8-14/h3-11H,12-13H2,1-2H3. The lowest BCUT2D eigenvalue weighted by atomic mass is 10.2. The van der Waals surface area contributed by atoms with Crippen LogP contribution in [0.3, 0.4) is 0 Å². The molecular weight excluding hydrogens is 370 g/mol. The molecule has 136 valence electrons. The number of thioether (sulfide) groups is 1. The van der Waals surface area contributed by atoms with E-state index in [1.165, 1.54) is 30.2 Å². The van der Waals surface area contributed by atoms with E-state index in [0.717, 1.165) is 11.1 Å². The van der Waals surface area contributed by atoms with Crippen LogP contribution >= 0.6 is 11.8 Å². The van der Waals surface area contributed by atoms with Crippen molar-refractivity contribution in [2.45, 2.75) is 22.3 Å². The molecule has 0 saturated carbocycles. The van der Waals surface area contributed by atoms with Gasteiger partial charge in [-0.05, 0) is 23.3 Å². The van der Waals surface area contributed by atoms with Crippen molar-refractivity contribution < 1.29 is 12.8 Å². The lowest BCUT2D eigenvalue weighted by Gasteiger charge is -2.11. The monoisotopic (exact) mass is 389 g/mol. The summed E-state index contributed by atoms with van der Waals surface area (Å²) in [6.07, 6.45) is 0.588. The normalized spacial score (nSPS) is 11.8. The first kappa shape index (κ1) is 18.6. The summed E-state index contributed by atoms with van der Waals surface area (Å²) in [6.45, 7) is 0. The minimum absolute atomic E-state index is 0.274. The van der Waals surface area contributed by atoms with E-state index < -0.39 is 10.0 Å². The third-order valence-electron chi connectivity index (χ3n) is 3.69. The predicted molar refractivity (Wildman–Crippen MR) is 100 cm³/mol. The first-order chi connectivity index (χ1) is 12.4. The summed E-state index contributed by atoms with van der Waals surface area (Å²) in [7, 11) is -0.406. The predicted octanol–water partition coefficient (Wildman–Crippen LogP) is 3.20. The molecule has 0 bridgehead atoms. The highest BCUT2D eigenvalue weighted by molar-refractivity contribution is 7.98. The molecule has 0 saturated heterocycles. The minimum atomic E-state index is -3.44. The van der Waals surface area contributed by atoms with Crippen molar-refractivity contribution in [1.82, 2.24) is 14.5 Å². The molecule has 0 radical (unpaired) electrons. The Kier molecular flexibility index (Phi) is 5.75. The van der Waals surface area contributed by atoms with Gasteiger partial charge in [0.05, 0.1) is 11.3 Å². The molecule has 8 heteroatoms. The van der Waals surface area contributed by atoms with Crippen LogP contribution in [0.5, 0.6) is 0 Å². The van der Waals surface area contributed by atoms with Crippen LogP contribution in [0.2, 0.25) is 0 Å². The molecule has 0 amide bonds. The molecule has 2 aromatic carbocycles. The second-order valence-corrected chi connectivity index (χ2v) is 8.93. The van der Waals surface area contributed by atoms with Gasteiger partial charge in [-0.15, -0.1) is 10.2 Å². The Morgan fingerprint density at radius 2 is 1.73 bits per heavy atom. The van der Waals surface area contributed by atoms with E-state index in [-0.39, 0.29) is 4.90 Å². The fourth-order valence-electron chi connectivity index (χ4n) is 2.29. The fraction of sp³-hybridized carbons (Fsp3) is 0.222. The zero-order valence-electron chi connectivity index (χ0n) is 14.5. The van der Waals surface area contributed by atoms with Gasteiger partial charge in [-0.1, -0.05) is 54.2 Å². The maximum atomic E-state index is 12.2. The van der Waals surface area contributed by atoms with Crippen LogP contribution in [-0.2, 0) is 22.2 Å². The molecule has 0 unspecified atom stereocenters. The third-order valence-corrected chi connectivity index (χ3v) is 6.39. The third kappa shape index (κ3) is 4.51. The van der Waals surface area contributed by atoms with Crippen LogP contribution in [0.15, 0.2) is 69.1 Å². The lowest BCUT2D eigenvalue weighted by molar-refractivity contribution is 0.420. The first-order valence-corrected chi connectivity index (χ1v) is 10.4. The van der Waals surface area contributed by atoms with Crippen LogP contribution in [-0.4, -0.2) is 37.0 Å². The summed E-state index contributed by atoms with van der Waals surface area (Å²) in [5.74, 6) is 1.10. The summed E-state index contributed by atoms with van der Waals surface area (Å²) in [4.78, 5) is 0.274. The van der Waals surface area contributed by atoms with Crippen LogP contribution in [0.4, 0.5) is 0 Å². The van der Waals surface area contributed by atoms with E-state index >= 15 is 0 Å². The van der Waals surface area contributed by atoms with E-state index in [1.54, 1.807) is 18.2 Å². The topological polar surface area (TPSA) is 76.3 Å². The van der Waals surface area contributed by atoms with Crippen molar-refractivity contribution >= 4 is 21.8 Å². The number of hydrogen-bond acceptors (Lipinski definition) is 6. The molecule has 1 heterocycles. The van der Waals surface area contributed by atoms with Crippen molar-refractivity contribution in [2.75, 3.05) is 14.1 Å². The molecular formula is C18H19N3O3S2. The van der Waals surface area contributed by atoms with Gasteiger partial charge in [0.2, 0.25) is 15.9 Å². The van der Waals surface area contributed by atoms with Crippen molar-refractivity contribution in [3.63, 3.8) is 0 Å². The van der Waals surface area contributed by atoms with Gasteiger partial charge in [-0.3, -0.25) is 0 Å². The Balaban J connectivity index is 1.65. The average Bonchev–Trinajstić information content (AvgIpc) is 3.08. The summed E-state index contributed by atoms with van der Waals surface area (Å²) >= 11 is 1.38. The summed E-state index contributed by atoms with van der Waals surface area (Å²) in [5, 5.41) is 8.58. The Bertz CT molecular complexity index is 970. The summed E-state index contributed by atoms with van der Waals surface area (Å²) in [6, 6.07) is 16.8. The molecule has 0 spiro atoms. The lowest BCUT2D eigenvalue weighted by Crippen LogP contribution is -2.22. The second kappa shape index (κ2) is 8.03. The highest BCUT2D eigenvalue weighted by Gasteiger charge is 2.17. The smallest absolute Gasteiger partial charge is 0.276 e. The molecule has 26 heavy (non-hydrogen) atoms. The zero-order chi connectivity index (χ0) is 18.6. The Morgan fingerprint density at radius 3 is 2.46 bits per heavy atom. The van der Waals surface area contributed by atoms with Crippen LogP contribution in [0, 0.1) is 0 Å². The van der Waals surface area contributed by atoms with Crippen LogP contribution < -0.4 is 0 Å². The van der Waals surface area contributed by atoms with Crippen LogP contribution in [0.25, 0.3) is 0 Å². The van der Waals surface area contributed by atoms with Gasteiger partial charge in [0.1, 0.15) is 0 Å². The number of sulfonamides is 1. The van der Waals surface area contributed by atoms with Gasteiger partial charge in [-0.2, -0.15) is 0 Å². The first-order valence-electron chi connectivity index (χ1n) is 7.96. The molecule has 6 nitrogen and oxygen atoms in total. The van der Waals surface area contributed by atoms with Crippen LogP contribution in [0.1, 0.15) is 17.0 Å². The number of aromatic nitrogens is 2. The molecule has 0 aliphatic heterocycles. The molecule has 0 N–H and O–H groups in total. The largest absolute Gasteiger partial charge is 0.416 e. The highest BCUT2D eigenvalue weighted by Crippen LogP contribution is 2.24. The maximum Gasteiger partial charge on any atom is 0.276 e. The van der Waals surface area contributed by atoms with Gasteiger partial charge < -0.3 is 4.42 Å². The molecule has 3 rings (SSSR count).